The van der Waals surface area contributed by atoms with E-state index in [1.807, 2.05) is 39.8 Å². The SMILES string of the molecule is CCOC(=O)c1ccc2c(c1C)CCN(C(=O)OC(C)(C)C)CC2. The fourth-order valence-electron chi connectivity index (χ4n) is 2.95. The van der Waals surface area contributed by atoms with Gasteiger partial charge < -0.3 is 14.4 Å². The third-order valence-corrected chi connectivity index (χ3v) is 4.13. The lowest BCUT2D eigenvalue weighted by atomic mass is 9.94. The Balaban J connectivity index is 2.17. The van der Waals surface area contributed by atoms with Crippen LogP contribution in [0.25, 0.3) is 0 Å². The van der Waals surface area contributed by atoms with E-state index in [4.69, 9.17) is 9.47 Å². The van der Waals surface area contributed by atoms with Crippen LogP contribution in [0.5, 0.6) is 0 Å². The molecule has 0 radical (unpaired) electrons. The Labute approximate surface area is 143 Å². The number of fused-ring (bicyclic) bond motifs is 1. The highest BCUT2D eigenvalue weighted by Gasteiger charge is 2.25. The van der Waals surface area contributed by atoms with Crippen molar-refractivity contribution in [3.8, 4) is 0 Å². The van der Waals surface area contributed by atoms with Gasteiger partial charge in [-0.05, 0) is 70.2 Å². The molecule has 1 amide bonds. The zero-order chi connectivity index (χ0) is 17.9. The molecule has 132 valence electrons. The molecule has 0 atom stereocenters. The van der Waals surface area contributed by atoms with Crippen molar-refractivity contribution in [1.29, 1.82) is 0 Å². The molecule has 0 saturated heterocycles. The normalized spacial score (nSPS) is 14.6. The summed E-state index contributed by atoms with van der Waals surface area (Å²) in [6.07, 6.45) is 1.20. The van der Waals surface area contributed by atoms with Crippen LogP contribution in [0.1, 0.15) is 54.7 Å². The summed E-state index contributed by atoms with van der Waals surface area (Å²) in [6, 6.07) is 3.81. The van der Waals surface area contributed by atoms with Crippen LogP contribution < -0.4 is 0 Å². The molecule has 1 aliphatic rings. The Morgan fingerprint density at radius 3 is 2.46 bits per heavy atom. The van der Waals surface area contributed by atoms with Crippen LogP contribution in [0.15, 0.2) is 12.1 Å². The molecule has 0 N–H and O–H groups in total. The summed E-state index contributed by atoms with van der Waals surface area (Å²) in [4.78, 5) is 26.1. The van der Waals surface area contributed by atoms with Crippen molar-refractivity contribution in [1.82, 2.24) is 4.90 Å². The van der Waals surface area contributed by atoms with Crippen molar-refractivity contribution < 1.29 is 19.1 Å². The van der Waals surface area contributed by atoms with Gasteiger partial charge in [0, 0.05) is 13.1 Å². The van der Waals surface area contributed by atoms with Gasteiger partial charge in [-0.15, -0.1) is 0 Å². The first-order chi connectivity index (χ1) is 11.2. The van der Waals surface area contributed by atoms with Gasteiger partial charge in [0.1, 0.15) is 5.60 Å². The Morgan fingerprint density at radius 1 is 1.17 bits per heavy atom. The second-order valence-corrected chi connectivity index (χ2v) is 7.06. The number of esters is 1. The molecule has 1 aromatic rings. The van der Waals surface area contributed by atoms with Crippen LogP contribution in [-0.2, 0) is 22.3 Å². The van der Waals surface area contributed by atoms with E-state index in [0.717, 1.165) is 17.5 Å². The van der Waals surface area contributed by atoms with E-state index in [1.165, 1.54) is 5.56 Å². The van der Waals surface area contributed by atoms with Gasteiger partial charge in [0.2, 0.25) is 0 Å². The number of amides is 1. The van der Waals surface area contributed by atoms with Gasteiger partial charge in [0.05, 0.1) is 12.2 Å². The standard InChI is InChI=1S/C19H27NO4/c1-6-23-17(21)16-8-7-14-9-11-20(12-10-15(14)13(16)2)18(22)24-19(3,4)5/h7-8H,6,9-12H2,1-5H3. The zero-order valence-electron chi connectivity index (χ0n) is 15.3. The van der Waals surface area contributed by atoms with Crippen molar-refractivity contribution >= 4 is 12.1 Å². The number of rotatable bonds is 2. The molecule has 5 nitrogen and oxygen atoms in total. The number of nitrogens with zero attached hydrogens (tertiary/aromatic N) is 1. The minimum absolute atomic E-state index is 0.279. The summed E-state index contributed by atoms with van der Waals surface area (Å²) in [5.41, 5.74) is 3.40. The third kappa shape index (κ3) is 4.28. The Morgan fingerprint density at radius 2 is 1.83 bits per heavy atom. The molecule has 1 heterocycles. The minimum Gasteiger partial charge on any atom is -0.462 e. The summed E-state index contributed by atoms with van der Waals surface area (Å²) in [5.74, 6) is -0.286. The molecular weight excluding hydrogens is 306 g/mol. The van der Waals surface area contributed by atoms with Gasteiger partial charge in [-0.3, -0.25) is 0 Å². The fraction of sp³-hybridized carbons (Fsp3) is 0.579. The third-order valence-electron chi connectivity index (χ3n) is 4.13. The fourth-order valence-corrected chi connectivity index (χ4v) is 2.95. The average Bonchev–Trinajstić information content (AvgIpc) is 2.69. The maximum absolute atomic E-state index is 12.3. The van der Waals surface area contributed by atoms with E-state index in [1.54, 1.807) is 11.8 Å². The van der Waals surface area contributed by atoms with E-state index in [9.17, 15) is 9.59 Å². The van der Waals surface area contributed by atoms with Gasteiger partial charge >= 0.3 is 12.1 Å². The van der Waals surface area contributed by atoms with E-state index < -0.39 is 5.60 Å². The topological polar surface area (TPSA) is 55.8 Å². The molecule has 0 bridgehead atoms. The van der Waals surface area contributed by atoms with Crippen LogP contribution in [0.3, 0.4) is 0 Å². The Hall–Kier alpha value is -2.04. The van der Waals surface area contributed by atoms with Crippen LogP contribution in [0.4, 0.5) is 4.79 Å². The van der Waals surface area contributed by atoms with Crippen LogP contribution in [0, 0.1) is 6.92 Å². The zero-order valence-corrected chi connectivity index (χ0v) is 15.3. The maximum atomic E-state index is 12.3. The summed E-state index contributed by atoms with van der Waals surface area (Å²) in [5, 5.41) is 0. The summed E-state index contributed by atoms with van der Waals surface area (Å²) in [6.45, 7) is 10.9. The van der Waals surface area contributed by atoms with Crippen LogP contribution in [-0.4, -0.2) is 42.3 Å². The number of carbonyl (C=O) groups excluding carboxylic acids is 2. The monoisotopic (exact) mass is 333 g/mol. The number of hydrogen-bond donors (Lipinski definition) is 0. The Kier molecular flexibility index (Phi) is 5.52. The molecular formula is C19H27NO4. The summed E-state index contributed by atoms with van der Waals surface area (Å²) in [7, 11) is 0. The van der Waals surface area contributed by atoms with Gasteiger partial charge in [-0.1, -0.05) is 6.07 Å². The number of hydrogen-bond acceptors (Lipinski definition) is 4. The molecule has 0 spiro atoms. The molecule has 2 rings (SSSR count). The highest BCUT2D eigenvalue weighted by atomic mass is 16.6. The second-order valence-electron chi connectivity index (χ2n) is 7.06. The molecule has 0 aliphatic carbocycles. The van der Waals surface area contributed by atoms with Gasteiger partial charge in [0.15, 0.2) is 0 Å². The first kappa shape index (κ1) is 18.3. The lowest BCUT2D eigenvalue weighted by molar-refractivity contribution is 0.0258. The van der Waals surface area contributed by atoms with Crippen LogP contribution >= 0.6 is 0 Å². The van der Waals surface area contributed by atoms with Crippen molar-refractivity contribution in [2.45, 2.75) is 53.1 Å². The van der Waals surface area contributed by atoms with Crippen molar-refractivity contribution in [2.75, 3.05) is 19.7 Å². The molecule has 0 aromatic heterocycles. The minimum atomic E-state index is -0.497. The van der Waals surface area contributed by atoms with E-state index in [2.05, 4.69) is 0 Å². The molecule has 5 heteroatoms. The first-order valence-corrected chi connectivity index (χ1v) is 8.49. The van der Waals surface area contributed by atoms with Gasteiger partial charge in [0.25, 0.3) is 0 Å². The number of ether oxygens (including phenoxy) is 2. The Bertz CT molecular complexity index is 631. The van der Waals surface area contributed by atoms with Gasteiger partial charge in [-0.25, -0.2) is 9.59 Å². The lowest BCUT2D eigenvalue weighted by Crippen LogP contribution is -2.38. The van der Waals surface area contributed by atoms with Crippen molar-refractivity contribution in [3.63, 3.8) is 0 Å². The molecule has 24 heavy (non-hydrogen) atoms. The molecule has 0 fully saturated rings. The van der Waals surface area contributed by atoms with Crippen molar-refractivity contribution in [3.05, 3.63) is 34.4 Å². The largest absolute Gasteiger partial charge is 0.462 e. The van der Waals surface area contributed by atoms with E-state index in [0.29, 0.717) is 31.7 Å². The first-order valence-electron chi connectivity index (χ1n) is 8.49. The number of carbonyl (C=O) groups is 2. The highest BCUT2D eigenvalue weighted by Crippen LogP contribution is 2.24. The number of benzene rings is 1. The molecule has 0 saturated carbocycles. The van der Waals surface area contributed by atoms with Crippen LogP contribution in [0.2, 0.25) is 0 Å². The predicted octanol–water partition coefficient (Wildman–Crippen LogP) is 3.51. The van der Waals surface area contributed by atoms with E-state index in [-0.39, 0.29) is 12.1 Å². The summed E-state index contributed by atoms with van der Waals surface area (Å²) < 4.78 is 10.6. The molecule has 1 aliphatic heterocycles. The second kappa shape index (κ2) is 7.24. The maximum Gasteiger partial charge on any atom is 0.410 e. The summed E-state index contributed by atoms with van der Waals surface area (Å²) >= 11 is 0. The molecule has 0 unspecified atom stereocenters. The average molecular weight is 333 g/mol. The smallest absolute Gasteiger partial charge is 0.410 e. The highest BCUT2D eigenvalue weighted by molar-refractivity contribution is 5.91. The van der Waals surface area contributed by atoms with Crippen molar-refractivity contribution in [2.24, 2.45) is 0 Å². The molecule has 1 aromatic carbocycles. The lowest BCUT2D eigenvalue weighted by Gasteiger charge is -2.26. The van der Waals surface area contributed by atoms with E-state index >= 15 is 0 Å². The van der Waals surface area contributed by atoms with Gasteiger partial charge in [-0.2, -0.15) is 0 Å². The predicted molar refractivity (Wildman–Crippen MR) is 92.4 cm³/mol. The quantitative estimate of drug-likeness (QED) is 0.777.